The molecule has 0 spiro atoms. The molecule has 0 saturated carbocycles. The van der Waals surface area contributed by atoms with Crippen LogP contribution in [-0.4, -0.2) is 93.6 Å². The van der Waals surface area contributed by atoms with E-state index in [1.54, 1.807) is 18.3 Å². The van der Waals surface area contributed by atoms with Crippen LogP contribution in [0.4, 0.5) is 28.8 Å². The van der Waals surface area contributed by atoms with Crippen molar-refractivity contribution >= 4 is 72.8 Å². The zero-order valence-corrected chi connectivity index (χ0v) is 28.1. The zero-order chi connectivity index (χ0) is 31.6. The van der Waals surface area contributed by atoms with Crippen LogP contribution in [0.5, 0.6) is 5.75 Å². The van der Waals surface area contributed by atoms with E-state index in [1.807, 2.05) is 16.9 Å². The maximum atomic E-state index is 12.4. The van der Waals surface area contributed by atoms with Gasteiger partial charge < -0.3 is 25.2 Å². The van der Waals surface area contributed by atoms with Gasteiger partial charge in [-0.1, -0.05) is 11.6 Å². The third-order valence-corrected chi connectivity index (χ3v) is 10.6. The van der Waals surface area contributed by atoms with Gasteiger partial charge in [0.15, 0.2) is 0 Å². The number of nitrogens with zero attached hydrogens (tertiary/aromatic N) is 5. The van der Waals surface area contributed by atoms with Gasteiger partial charge in [0.05, 0.1) is 27.5 Å². The Bertz CT molecular complexity index is 1660. The standard InChI is InChI=1S/C30H36BrClN8O4S/c1-38-9-11-40(12-10-38)22-4-7-39(8-5-22)23-2-3-26(25(32)15-23)36-30-33-17-24(31)29(37-30)35-27-16-28-20(6-13-44-28)14-21(27)18-45(42,43)34-19-41/h2-3,14-17,19,22H,4-13,18H2,1H3,(H,34,41)(H2,33,35,36,37). The fourth-order valence-electron chi connectivity index (χ4n) is 6.07. The lowest BCUT2D eigenvalue weighted by Crippen LogP contribution is -2.52. The molecule has 12 nitrogen and oxygen atoms in total. The second-order valence-corrected chi connectivity index (χ2v) is 14.6. The van der Waals surface area contributed by atoms with Gasteiger partial charge in [-0.3, -0.25) is 14.4 Å². The number of rotatable bonds is 10. The predicted molar refractivity (Wildman–Crippen MR) is 180 cm³/mol. The van der Waals surface area contributed by atoms with Crippen molar-refractivity contribution in [3.8, 4) is 5.75 Å². The summed E-state index contributed by atoms with van der Waals surface area (Å²) < 4.78 is 33.0. The second kappa shape index (κ2) is 13.7. The van der Waals surface area contributed by atoms with E-state index in [0.717, 1.165) is 63.4 Å². The summed E-state index contributed by atoms with van der Waals surface area (Å²) in [4.78, 5) is 27.3. The van der Waals surface area contributed by atoms with E-state index in [0.29, 0.717) is 63.0 Å². The third-order valence-electron chi connectivity index (χ3n) is 8.57. The van der Waals surface area contributed by atoms with Gasteiger partial charge in [0.25, 0.3) is 0 Å². The summed E-state index contributed by atoms with van der Waals surface area (Å²) in [7, 11) is -1.69. The van der Waals surface area contributed by atoms with Gasteiger partial charge in [-0.2, -0.15) is 4.98 Å². The molecule has 4 heterocycles. The average molecular weight is 720 g/mol. The number of anilines is 5. The van der Waals surface area contributed by atoms with E-state index in [9.17, 15) is 13.2 Å². The highest BCUT2D eigenvalue weighted by atomic mass is 79.9. The van der Waals surface area contributed by atoms with Crippen LogP contribution in [0, 0.1) is 0 Å². The number of carbonyl (C=O) groups excluding carboxylic acids is 1. The van der Waals surface area contributed by atoms with Crippen molar-refractivity contribution < 1.29 is 17.9 Å². The molecule has 1 aromatic heterocycles. The van der Waals surface area contributed by atoms with Crippen molar-refractivity contribution in [3.63, 3.8) is 0 Å². The summed E-state index contributed by atoms with van der Waals surface area (Å²) in [6, 6.07) is 10.1. The van der Waals surface area contributed by atoms with Crippen LogP contribution in [0.2, 0.25) is 5.02 Å². The first-order chi connectivity index (χ1) is 21.7. The fraction of sp³-hybridized carbons (Fsp3) is 0.433. The maximum Gasteiger partial charge on any atom is 0.238 e. The summed E-state index contributed by atoms with van der Waals surface area (Å²) >= 11 is 10.2. The molecular weight excluding hydrogens is 684 g/mol. The van der Waals surface area contributed by atoms with Crippen molar-refractivity contribution in [3.05, 3.63) is 57.2 Å². The van der Waals surface area contributed by atoms with Crippen LogP contribution in [0.15, 0.2) is 41.0 Å². The molecule has 1 amide bonds. The van der Waals surface area contributed by atoms with E-state index in [2.05, 4.69) is 64.3 Å². The molecule has 240 valence electrons. The number of hydrogen-bond acceptors (Lipinski definition) is 11. The van der Waals surface area contributed by atoms with Gasteiger partial charge in [0, 0.05) is 75.4 Å². The Balaban J connectivity index is 1.14. The van der Waals surface area contributed by atoms with Crippen LogP contribution < -0.4 is 25.0 Å². The number of piperazine rings is 1. The molecule has 3 aromatic rings. The largest absolute Gasteiger partial charge is 0.493 e. The molecule has 0 aliphatic carbocycles. The molecule has 3 N–H and O–H groups in total. The first-order valence-electron chi connectivity index (χ1n) is 14.9. The Morgan fingerprint density at radius 3 is 2.58 bits per heavy atom. The van der Waals surface area contributed by atoms with Crippen LogP contribution >= 0.6 is 27.5 Å². The molecule has 2 aromatic carbocycles. The first kappa shape index (κ1) is 31.8. The normalized spacial score (nSPS) is 17.9. The quantitative estimate of drug-likeness (QED) is 0.262. The van der Waals surface area contributed by atoms with E-state index < -0.39 is 15.8 Å². The molecule has 6 rings (SSSR count). The van der Waals surface area contributed by atoms with E-state index >= 15 is 0 Å². The van der Waals surface area contributed by atoms with Gasteiger partial charge in [0.2, 0.25) is 22.4 Å². The monoisotopic (exact) mass is 718 g/mol. The van der Waals surface area contributed by atoms with Gasteiger partial charge in [-0.15, -0.1) is 0 Å². The number of piperidine rings is 1. The molecule has 0 radical (unpaired) electrons. The number of nitrogens with one attached hydrogen (secondary N) is 3. The van der Waals surface area contributed by atoms with Crippen LogP contribution in [0.3, 0.4) is 0 Å². The average Bonchev–Trinajstić information content (AvgIpc) is 3.47. The third kappa shape index (κ3) is 7.63. The Labute approximate surface area is 276 Å². The highest BCUT2D eigenvalue weighted by Gasteiger charge is 2.27. The number of carbonyl (C=O) groups is 1. The van der Waals surface area contributed by atoms with Crippen LogP contribution in [-0.2, 0) is 27.0 Å². The number of ether oxygens (including phenoxy) is 1. The minimum atomic E-state index is -3.88. The number of halogens is 2. The van der Waals surface area contributed by atoms with Crippen LogP contribution in [0.1, 0.15) is 24.0 Å². The molecule has 2 saturated heterocycles. The fourth-order valence-corrected chi connectivity index (χ4v) is 7.46. The minimum absolute atomic E-state index is 0.160. The van der Waals surface area contributed by atoms with E-state index in [4.69, 9.17) is 16.3 Å². The molecule has 3 aliphatic rings. The van der Waals surface area contributed by atoms with Crippen LogP contribution in [0.25, 0.3) is 0 Å². The molecular formula is C30H36BrClN8O4S. The van der Waals surface area contributed by atoms with Gasteiger partial charge in [0.1, 0.15) is 11.6 Å². The molecule has 15 heteroatoms. The molecule has 45 heavy (non-hydrogen) atoms. The van der Waals surface area contributed by atoms with Crippen molar-refractivity contribution in [2.45, 2.75) is 31.1 Å². The molecule has 0 atom stereocenters. The maximum absolute atomic E-state index is 12.4. The lowest BCUT2D eigenvalue weighted by Gasteiger charge is -2.42. The predicted octanol–water partition coefficient (Wildman–Crippen LogP) is 4.11. The lowest BCUT2D eigenvalue weighted by atomic mass is 10.0. The van der Waals surface area contributed by atoms with Crippen molar-refractivity contribution in [1.29, 1.82) is 0 Å². The molecule has 0 bridgehead atoms. The SMILES string of the molecule is CN1CCN(C2CCN(c3ccc(Nc4ncc(Br)c(Nc5cc6c(cc5CS(=O)(=O)NC=O)CCO6)n4)c(Cl)c3)CC2)CC1. The molecule has 3 aliphatic heterocycles. The highest BCUT2D eigenvalue weighted by molar-refractivity contribution is 9.10. The summed E-state index contributed by atoms with van der Waals surface area (Å²) in [5.74, 6) is 0.979. The second-order valence-electron chi connectivity index (χ2n) is 11.6. The Morgan fingerprint density at radius 1 is 1.07 bits per heavy atom. The van der Waals surface area contributed by atoms with E-state index in [-0.39, 0.29) is 6.41 Å². The number of sulfonamides is 1. The van der Waals surface area contributed by atoms with Crippen molar-refractivity contribution in [2.24, 2.45) is 0 Å². The summed E-state index contributed by atoms with van der Waals surface area (Å²) in [5, 5.41) is 6.98. The number of likely N-dealkylation sites (N-methyl/N-ethyl adjacent to an activating group) is 1. The summed E-state index contributed by atoms with van der Waals surface area (Å²) in [6.07, 6.45) is 4.71. The number of aromatic nitrogens is 2. The highest BCUT2D eigenvalue weighted by Crippen LogP contribution is 2.36. The van der Waals surface area contributed by atoms with Gasteiger partial charge in [-0.25, -0.2) is 13.4 Å². The number of hydrogen-bond donors (Lipinski definition) is 3. The number of amides is 1. The molecule has 0 unspecified atom stereocenters. The topological polar surface area (TPSA) is 132 Å². The van der Waals surface area contributed by atoms with Gasteiger partial charge in [-0.05, 0) is 71.2 Å². The summed E-state index contributed by atoms with van der Waals surface area (Å²) in [5.41, 5.74) is 3.61. The Kier molecular flexibility index (Phi) is 9.66. The number of fused-ring (bicyclic) bond motifs is 1. The Hall–Kier alpha value is -3.17. The minimum Gasteiger partial charge on any atom is -0.493 e. The van der Waals surface area contributed by atoms with Gasteiger partial charge >= 0.3 is 0 Å². The Morgan fingerprint density at radius 2 is 1.84 bits per heavy atom. The first-order valence-corrected chi connectivity index (χ1v) is 17.8. The summed E-state index contributed by atoms with van der Waals surface area (Å²) in [6.45, 7) is 7.06. The molecule has 2 fully saturated rings. The van der Waals surface area contributed by atoms with Crippen molar-refractivity contribution in [2.75, 3.05) is 68.5 Å². The number of benzene rings is 2. The van der Waals surface area contributed by atoms with E-state index in [1.165, 1.54) is 0 Å². The zero-order valence-electron chi connectivity index (χ0n) is 24.9. The lowest BCUT2D eigenvalue weighted by molar-refractivity contribution is -0.108. The van der Waals surface area contributed by atoms with Crippen molar-refractivity contribution in [1.82, 2.24) is 24.5 Å². The smallest absolute Gasteiger partial charge is 0.238 e.